The molecule has 5 heteroatoms. The van der Waals surface area contributed by atoms with Crippen molar-refractivity contribution in [1.82, 2.24) is 10.6 Å². The molecule has 1 heterocycles. The first kappa shape index (κ1) is 11.4. The van der Waals surface area contributed by atoms with Crippen LogP contribution in [-0.4, -0.2) is 47.0 Å². The first-order chi connectivity index (χ1) is 6.33. The number of hydrogen-bond donors (Lipinski definition) is 4. The molecule has 1 rings (SSSR count). The van der Waals surface area contributed by atoms with E-state index in [2.05, 4.69) is 10.6 Å². The van der Waals surface area contributed by atoms with Gasteiger partial charge in [0, 0.05) is 19.6 Å². The SMILES string of the molecule is CC(C)(O)CNC1(CC(=O)O)CNC1. The van der Waals surface area contributed by atoms with Crippen molar-refractivity contribution in [3.05, 3.63) is 0 Å². The molecule has 0 atom stereocenters. The van der Waals surface area contributed by atoms with Gasteiger partial charge in [0.25, 0.3) is 0 Å². The average molecular weight is 202 g/mol. The Morgan fingerprint density at radius 2 is 2.14 bits per heavy atom. The third-order valence-electron chi connectivity index (χ3n) is 2.31. The molecule has 0 aromatic carbocycles. The molecular weight excluding hydrogens is 184 g/mol. The number of carboxylic acid groups (broad SMARTS) is 1. The lowest BCUT2D eigenvalue weighted by molar-refractivity contribution is -0.139. The highest BCUT2D eigenvalue weighted by atomic mass is 16.4. The van der Waals surface area contributed by atoms with Gasteiger partial charge >= 0.3 is 5.97 Å². The van der Waals surface area contributed by atoms with Crippen LogP contribution in [0.1, 0.15) is 20.3 Å². The van der Waals surface area contributed by atoms with Crippen LogP contribution in [0.3, 0.4) is 0 Å². The van der Waals surface area contributed by atoms with Gasteiger partial charge in [-0.2, -0.15) is 0 Å². The average Bonchev–Trinajstić information content (AvgIpc) is 1.92. The zero-order valence-corrected chi connectivity index (χ0v) is 8.63. The van der Waals surface area contributed by atoms with Gasteiger partial charge in [-0.1, -0.05) is 0 Å². The normalized spacial score (nSPS) is 20.2. The number of nitrogens with one attached hydrogen (secondary N) is 2. The Hall–Kier alpha value is -0.650. The van der Waals surface area contributed by atoms with Crippen molar-refractivity contribution in [3.63, 3.8) is 0 Å². The maximum Gasteiger partial charge on any atom is 0.305 e. The molecule has 0 bridgehead atoms. The van der Waals surface area contributed by atoms with Gasteiger partial charge in [-0.15, -0.1) is 0 Å². The quantitative estimate of drug-likeness (QED) is 0.467. The zero-order valence-electron chi connectivity index (χ0n) is 8.63. The summed E-state index contributed by atoms with van der Waals surface area (Å²) in [6, 6.07) is 0. The van der Waals surface area contributed by atoms with Gasteiger partial charge in [-0.25, -0.2) is 0 Å². The fourth-order valence-corrected chi connectivity index (χ4v) is 1.43. The van der Waals surface area contributed by atoms with Crippen molar-refractivity contribution in [2.75, 3.05) is 19.6 Å². The summed E-state index contributed by atoms with van der Waals surface area (Å²) in [5.74, 6) is -0.810. The minimum atomic E-state index is -0.810. The summed E-state index contributed by atoms with van der Waals surface area (Å²) >= 11 is 0. The summed E-state index contributed by atoms with van der Waals surface area (Å²) in [7, 11) is 0. The Morgan fingerprint density at radius 3 is 2.43 bits per heavy atom. The molecule has 1 saturated heterocycles. The highest BCUT2D eigenvalue weighted by Crippen LogP contribution is 2.16. The van der Waals surface area contributed by atoms with Crippen LogP contribution < -0.4 is 10.6 Å². The Kier molecular flexibility index (Phi) is 3.14. The van der Waals surface area contributed by atoms with Crippen molar-refractivity contribution in [3.8, 4) is 0 Å². The lowest BCUT2D eigenvalue weighted by Crippen LogP contribution is -2.69. The van der Waals surface area contributed by atoms with E-state index in [0.717, 1.165) is 0 Å². The Balaban J connectivity index is 2.42. The number of hydrogen-bond acceptors (Lipinski definition) is 4. The van der Waals surface area contributed by atoms with Crippen LogP contribution >= 0.6 is 0 Å². The van der Waals surface area contributed by atoms with Gasteiger partial charge in [-0.3, -0.25) is 4.79 Å². The molecule has 0 radical (unpaired) electrons. The summed E-state index contributed by atoms with van der Waals surface area (Å²) in [5, 5.41) is 24.4. The molecule has 1 aliphatic rings. The summed E-state index contributed by atoms with van der Waals surface area (Å²) in [4.78, 5) is 10.6. The van der Waals surface area contributed by atoms with Crippen molar-refractivity contribution in [1.29, 1.82) is 0 Å². The second kappa shape index (κ2) is 3.84. The maximum atomic E-state index is 10.6. The van der Waals surface area contributed by atoms with Gasteiger partial charge < -0.3 is 20.8 Å². The largest absolute Gasteiger partial charge is 0.481 e. The van der Waals surface area contributed by atoms with E-state index in [-0.39, 0.29) is 12.0 Å². The Labute approximate surface area is 83.5 Å². The van der Waals surface area contributed by atoms with Crippen molar-refractivity contribution in [2.45, 2.75) is 31.4 Å². The van der Waals surface area contributed by atoms with Crippen LogP contribution in [0.15, 0.2) is 0 Å². The summed E-state index contributed by atoms with van der Waals surface area (Å²) in [6.45, 7) is 5.09. The van der Waals surface area contributed by atoms with E-state index in [1.165, 1.54) is 0 Å². The monoisotopic (exact) mass is 202 g/mol. The standard InChI is InChI=1S/C9H18N2O3/c1-8(2,14)4-11-9(3-7(12)13)5-10-6-9/h10-11,14H,3-6H2,1-2H3,(H,12,13). The van der Waals surface area contributed by atoms with Gasteiger partial charge in [0.05, 0.1) is 17.6 Å². The van der Waals surface area contributed by atoms with E-state index < -0.39 is 11.6 Å². The summed E-state index contributed by atoms with van der Waals surface area (Å²) in [6.07, 6.45) is 0.0933. The third kappa shape index (κ3) is 3.25. The molecule has 0 unspecified atom stereocenters. The number of aliphatic hydroxyl groups is 1. The molecular formula is C9H18N2O3. The summed E-state index contributed by atoms with van der Waals surface area (Å²) < 4.78 is 0. The fraction of sp³-hybridized carbons (Fsp3) is 0.889. The predicted molar refractivity (Wildman–Crippen MR) is 52.2 cm³/mol. The molecule has 0 aromatic rings. The topological polar surface area (TPSA) is 81.6 Å². The number of carbonyl (C=O) groups is 1. The molecule has 82 valence electrons. The van der Waals surface area contributed by atoms with Crippen LogP contribution in [0, 0.1) is 0 Å². The van der Waals surface area contributed by atoms with Crippen LogP contribution in [0.5, 0.6) is 0 Å². The molecule has 0 spiro atoms. The second-order valence-electron chi connectivity index (χ2n) is 4.62. The molecule has 1 aliphatic heterocycles. The van der Waals surface area contributed by atoms with Crippen LogP contribution in [0.25, 0.3) is 0 Å². The van der Waals surface area contributed by atoms with Gasteiger partial charge in [0.15, 0.2) is 0 Å². The number of aliphatic carboxylic acids is 1. The number of rotatable bonds is 5. The molecule has 1 fully saturated rings. The lowest BCUT2D eigenvalue weighted by Gasteiger charge is -2.43. The highest BCUT2D eigenvalue weighted by molar-refractivity contribution is 5.68. The Bertz CT molecular complexity index is 219. The van der Waals surface area contributed by atoms with Crippen LogP contribution in [-0.2, 0) is 4.79 Å². The van der Waals surface area contributed by atoms with Crippen molar-refractivity contribution < 1.29 is 15.0 Å². The number of β-amino-alcohol motifs (C(OH)–C–C–N with tert-alkyl or cyclic N) is 1. The Morgan fingerprint density at radius 1 is 1.57 bits per heavy atom. The molecule has 4 N–H and O–H groups in total. The predicted octanol–water partition coefficient (Wildman–Crippen LogP) is -0.836. The van der Waals surface area contributed by atoms with Gasteiger partial charge in [0.2, 0.25) is 0 Å². The van der Waals surface area contributed by atoms with E-state index in [0.29, 0.717) is 19.6 Å². The van der Waals surface area contributed by atoms with Crippen LogP contribution in [0.2, 0.25) is 0 Å². The van der Waals surface area contributed by atoms with E-state index in [1.807, 2.05) is 0 Å². The molecule has 14 heavy (non-hydrogen) atoms. The first-order valence-electron chi connectivity index (χ1n) is 4.73. The third-order valence-corrected chi connectivity index (χ3v) is 2.31. The minimum Gasteiger partial charge on any atom is -0.481 e. The first-order valence-corrected chi connectivity index (χ1v) is 4.73. The second-order valence-corrected chi connectivity index (χ2v) is 4.62. The molecule has 0 aromatic heterocycles. The maximum absolute atomic E-state index is 10.6. The fourth-order valence-electron chi connectivity index (χ4n) is 1.43. The van der Waals surface area contributed by atoms with E-state index >= 15 is 0 Å². The number of carboxylic acids is 1. The van der Waals surface area contributed by atoms with E-state index in [9.17, 15) is 9.90 Å². The van der Waals surface area contributed by atoms with Crippen molar-refractivity contribution >= 4 is 5.97 Å². The summed E-state index contributed by atoms with van der Waals surface area (Å²) in [5.41, 5.74) is -1.17. The highest BCUT2D eigenvalue weighted by Gasteiger charge is 2.39. The van der Waals surface area contributed by atoms with Crippen molar-refractivity contribution in [2.24, 2.45) is 0 Å². The zero-order chi connectivity index (χ0) is 10.8. The van der Waals surface area contributed by atoms with E-state index in [1.54, 1.807) is 13.8 Å². The lowest BCUT2D eigenvalue weighted by atomic mass is 9.88. The molecule has 5 nitrogen and oxygen atoms in total. The molecule has 0 aliphatic carbocycles. The van der Waals surface area contributed by atoms with Gasteiger partial charge in [-0.05, 0) is 13.8 Å². The molecule has 0 amide bonds. The van der Waals surface area contributed by atoms with E-state index in [4.69, 9.17) is 5.11 Å². The minimum absolute atomic E-state index is 0.0933. The van der Waals surface area contributed by atoms with Gasteiger partial charge in [0.1, 0.15) is 0 Å². The molecule has 0 saturated carbocycles. The van der Waals surface area contributed by atoms with Crippen LogP contribution in [0.4, 0.5) is 0 Å². The smallest absolute Gasteiger partial charge is 0.305 e.